The third-order valence-electron chi connectivity index (χ3n) is 0.512. The molecule has 0 aliphatic rings. The van der Waals surface area contributed by atoms with Crippen LogP contribution in [0.15, 0.2) is 0 Å². The van der Waals surface area contributed by atoms with E-state index < -0.39 is 12.1 Å². The van der Waals surface area contributed by atoms with Gasteiger partial charge in [0, 0.05) is 0 Å². The maximum absolute atomic E-state index is 10.6. The van der Waals surface area contributed by atoms with Gasteiger partial charge in [0.25, 0.3) is 0 Å². The van der Waals surface area contributed by atoms with Crippen LogP contribution in [0.5, 0.6) is 0 Å². The minimum absolute atomic E-state index is 0.0417. The van der Waals surface area contributed by atoms with E-state index in [9.17, 15) is 13.2 Å². The number of aliphatic carboxylic acids is 1. The highest BCUT2D eigenvalue weighted by Crippen LogP contribution is 2.13. The second-order valence-corrected chi connectivity index (χ2v) is 1.66. The van der Waals surface area contributed by atoms with E-state index in [4.69, 9.17) is 26.3 Å². The number of nitrogens with zero attached hydrogens (tertiary/aromatic N) is 1. The van der Waals surface area contributed by atoms with Gasteiger partial charge in [-0.25, -0.2) is 4.79 Å². The number of carboxylic acids is 1. The number of rotatable bonds is 1. The maximum atomic E-state index is 10.6. The summed E-state index contributed by atoms with van der Waals surface area (Å²) in [5, 5.41) is 21.3. The Hall–Kier alpha value is -1.78. The van der Waals surface area contributed by atoms with E-state index >= 15 is 0 Å². The predicted molar refractivity (Wildman–Crippen MR) is 35.8 cm³/mol. The molecule has 0 aromatic rings. The predicted octanol–water partition coefficient (Wildman–Crippen LogP) is 0.469. The van der Waals surface area contributed by atoms with Gasteiger partial charge < -0.3 is 10.8 Å². The summed E-state index contributed by atoms with van der Waals surface area (Å²) in [5.74, 6) is -2.83. The lowest BCUT2D eigenvalue weighted by Gasteiger charge is -1.93. The van der Waals surface area contributed by atoms with Crippen molar-refractivity contribution in [3.05, 3.63) is 0 Å². The molecule has 0 heterocycles. The molecular formula is C5H6F3N3O2. The third kappa shape index (κ3) is 13.2. The summed E-state index contributed by atoms with van der Waals surface area (Å²) in [6, 6.07) is 1.72. The molecule has 0 aliphatic heterocycles. The lowest BCUT2D eigenvalue weighted by molar-refractivity contribution is -0.192. The minimum atomic E-state index is -5.08. The largest absolute Gasteiger partial charge is 0.490 e. The van der Waals surface area contributed by atoms with Crippen LogP contribution in [-0.2, 0) is 4.79 Å². The number of nitrogens with one attached hydrogen (secondary N) is 1. The van der Waals surface area contributed by atoms with E-state index in [-0.39, 0.29) is 12.3 Å². The van der Waals surface area contributed by atoms with Crippen LogP contribution in [0.4, 0.5) is 13.2 Å². The molecule has 0 saturated carbocycles. The number of amidine groups is 1. The van der Waals surface area contributed by atoms with Gasteiger partial charge in [0.05, 0.1) is 12.5 Å². The van der Waals surface area contributed by atoms with Crippen LogP contribution in [0.3, 0.4) is 0 Å². The number of alkyl halides is 3. The molecule has 0 atom stereocenters. The van der Waals surface area contributed by atoms with Crippen LogP contribution < -0.4 is 5.73 Å². The van der Waals surface area contributed by atoms with Crippen LogP contribution in [0.25, 0.3) is 0 Å². The first-order valence-corrected chi connectivity index (χ1v) is 2.71. The van der Waals surface area contributed by atoms with Gasteiger partial charge in [0.2, 0.25) is 0 Å². The highest BCUT2D eigenvalue weighted by Gasteiger charge is 2.38. The van der Waals surface area contributed by atoms with Crippen LogP contribution in [-0.4, -0.2) is 23.1 Å². The molecule has 13 heavy (non-hydrogen) atoms. The molecule has 0 bridgehead atoms. The maximum Gasteiger partial charge on any atom is 0.490 e. The molecule has 0 amide bonds. The fraction of sp³-hybridized carbons (Fsp3) is 0.400. The lowest BCUT2D eigenvalue weighted by Crippen LogP contribution is -2.21. The number of nitriles is 1. The first kappa shape index (κ1) is 13.8. The van der Waals surface area contributed by atoms with E-state index in [0.717, 1.165) is 0 Å². The van der Waals surface area contributed by atoms with Gasteiger partial charge in [-0.2, -0.15) is 18.4 Å². The fourth-order valence-electron chi connectivity index (χ4n) is 0.0852. The van der Waals surface area contributed by atoms with Crippen LogP contribution in [0.1, 0.15) is 6.42 Å². The van der Waals surface area contributed by atoms with Crippen molar-refractivity contribution in [1.82, 2.24) is 0 Å². The topological polar surface area (TPSA) is 111 Å². The lowest BCUT2D eigenvalue weighted by atomic mass is 10.5. The van der Waals surface area contributed by atoms with Crippen LogP contribution >= 0.6 is 0 Å². The van der Waals surface area contributed by atoms with E-state index in [1.165, 1.54) is 0 Å². The zero-order valence-corrected chi connectivity index (χ0v) is 6.22. The van der Waals surface area contributed by atoms with Crippen molar-refractivity contribution in [3.8, 4) is 6.07 Å². The Balaban J connectivity index is 0. The molecular weight excluding hydrogens is 191 g/mol. The standard InChI is InChI=1S/C3H5N3.C2HF3O2/c4-2-1-3(5)6;3-2(4,5)1(6)7/h1H2,(H3,5,6);(H,6,7). The fourth-order valence-corrected chi connectivity index (χ4v) is 0.0852. The van der Waals surface area contributed by atoms with Gasteiger partial charge in [-0.1, -0.05) is 0 Å². The van der Waals surface area contributed by atoms with Gasteiger partial charge in [-0.15, -0.1) is 0 Å². The molecule has 0 aliphatic carbocycles. The SMILES string of the molecule is N#CCC(=N)N.O=C(O)C(F)(F)F. The zero-order valence-electron chi connectivity index (χ0n) is 6.22. The van der Waals surface area contributed by atoms with Crippen LogP contribution in [0, 0.1) is 16.7 Å². The number of nitrogens with two attached hydrogens (primary N) is 1. The Bertz CT molecular complexity index is 230. The highest BCUT2D eigenvalue weighted by atomic mass is 19.4. The monoisotopic (exact) mass is 197 g/mol. The zero-order chi connectivity index (χ0) is 11.1. The first-order valence-electron chi connectivity index (χ1n) is 2.71. The minimum Gasteiger partial charge on any atom is -0.475 e. The Morgan fingerprint density at radius 2 is 1.92 bits per heavy atom. The number of hydrogen-bond donors (Lipinski definition) is 3. The number of carbonyl (C=O) groups is 1. The van der Waals surface area contributed by atoms with E-state index in [1.54, 1.807) is 6.07 Å². The van der Waals surface area contributed by atoms with E-state index in [0.29, 0.717) is 0 Å². The summed E-state index contributed by atoms with van der Waals surface area (Å²) >= 11 is 0. The average Bonchev–Trinajstić information content (AvgIpc) is 1.85. The van der Waals surface area contributed by atoms with Gasteiger partial charge in [0.1, 0.15) is 5.84 Å². The molecule has 0 spiro atoms. The molecule has 0 rings (SSSR count). The Morgan fingerprint density at radius 3 is 1.92 bits per heavy atom. The second kappa shape index (κ2) is 5.82. The summed E-state index contributed by atoms with van der Waals surface area (Å²) in [6.07, 6.45) is -5.04. The number of carboxylic acid groups (broad SMARTS) is 1. The van der Waals surface area contributed by atoms with Crippen molar-refractivity contribution >= 4 is 11.8 Å². The molecule has 5 nitrogen and oxygen atoms in total. The molecule has 0 aromatic heterocycles. The Labute approximate surface area is 71.1 Å². The van der Waals surface area contributed by atoms with Crippen molar-refractivity contribution in [2.75, 3.05) is 0 Å². The highest BCUT2D eigenvalue weighted by molar-refractivity contribution is 5.78. The normalized spacial score (nSPS) is 9.08. The van der Waals surface area contributed by atoms with Gasteiger partial charge >= 0.3 is 12.1 Å². The summed E-state index contributed by atoms with van der Waals surface area (Å²) < 4.78 is 31.7. The Morgan fingerprint density at radius 1 is 1.62 bits per heavy atom. The third-order valence-corrected chi connectivity index (χ3v) is 0.512. The second-order valence-electron chi connectivity index (χ2n) is 1.66. The number of halogens is 3. The van der Waals surface area contributed by atoms with Gasteiger partial charge in [-0.3, -0.25) is 5.41 Å². The quantitative estimate of drug-likeness (QED) is 0.419. The van der Waals surface area contributed by atoms with Gasteiger partial charge in [0.15, 0.2) is 0 Å². The Kier molecular flexibility index (Phi) is 6.17. The average molecular weight is 197 g/mol. The summed E-state index contributed by atoms with van der Waals surface area (Å²) in [5.41, 5.74) is 4.76. The molecule has 4 N–H and O–H groups in total. The summed E-state index contributed by atoms with van der Waals surface area (Å²) in [4.78, 5) is 8.90. The van der Waals surface area contributed by atoms with Crippen molar-refractivity contribution < 1.29 is 23.1 Å². The van der Waals surface area contributed by atoms with Crippen molar-refractivity contribution in [2.45, 2.75) is 12.6 Å². The molecule has 0 radical (unpaired) electrons. The first-order chi connectivity index (χ1) is 5.71. The molecule has 0 unspecified atom stereocenters. The van der Waals surface area contributed by atoms with Crippen molar-refractivity contribution in [2.24, 2.45) is 5.73 Å². The summed E-state index contributed by atoms with van der Waals surface area (Å²) in [6.45, 7) is 0. The number of hydrogen-bond acceptors (Lipinski definition) is 3. The molecule has 74 valence electrons. The summed E-state index contributed by atoms with van der Waals surface area (Å²) in [7, 11) is 0. The molecule has 8 heteroatoms. The molecule has 0 fully saturated rings. The van der Waals surface area contributed by atoms with Crippen molar-refractivity contribution in [1.29, 1.82) is 10.7 Å². The molecule has 0 aromatic carbocycles. The smallest absolute Gasteiger partial charge is 0.475 e. The van der Waals surface area contributed by atoms with E-state index in [2.05, 4.69) is 0 Å². The van der Waals surface area contributed by atoms with Crippen molar-refractivity contribution in [3.63, 3.8) is 0 Å². The molecule has 0 saturated heterocycles. The van der Waals surface area contributed by atoms with Gasteiger partial charge in [-0.05, 0) is 0 Å². The van der Waals surface area contributed by atoms with Crippen LogP contribution in [0.2, 0.25) is 0 Å². The van der Waals surface area contributed by atoms with E-state index in [1.807, 2.05) is 0 Å².